The van der Waals surface area contributed by atoms with Crippen molar-refractivity contribution in [3.63, 3.8) is 0 Å². The number of amides is 2. The molecule has 33 heavy (non-hydrogen) atoms. The van der Waals surface area contributed by atoms with E-state index >= 15 is 0 Å². The van der Waals surface area contributed by atoms with Gasteiger partial charge in [-0.25, -0.2) is 5.43 Å². The van der Waals surface area contributed by atoms with Crippen molar-refractivity contribution in [3.05, 3.63) is 76.8 Å². The molecular weight excluding hydrogens is 438 g/mol. The Balaban J connectivity index is 1.73. The normalized spacial score (nSPS) is 12.2. The maximum Gasteiger partial charge on any atom is 0.262 e. The third-order valence-electron chi connectivity index (χ3n) is 5.03. The number of fused-ring (bicyclic) bond motifs is 1. The summed E-state index contributed by atoms with van der Waals surface area (Å²) < 4.78 is 5.70. The van der Waals surface area contributed by atoms with Gasteiger partial charge in [-0.2, -0.15) is 5.10 Å². The molecule has 0 radical (unpaired) electrons. The van der Waals surface area contributed by atoms with Crippen molar-refractivity contribution in [3.8, 4) is 5.75 Å². The average molecular weight is 466 g/mol. The summed E-state index contributed by atoms with van der Waals surface area (Å²) in [7, 11) is 0. The van der Waals surface area contributed by atoms with Gasteiger partial charge in [0, 0.05) is 21.5 Å². The molecule has 172 valence electrons. The van der Waals surface area contributed by atoms with E-state index in [4.69, 9.17) is 16.3 Å². The van der Waals surface area contributed by atoms with Gasteiger partial charge in [-0.1, -0.05) is 49.7 Å². The van der Waals surface area contributed by atoms with Crippen LogP contribution in [0.15, 0.2) is 65.8 Å². The smallest absolute Gasteiger partial charge is 0.262 e. The number of ether oxygens (including phenoxy) is 1. The van der Waals surface area contributed by atoms with Gasteiger partial charge in [-0.3, -0.25) is 9.59 Å². The van der Waals surface area contributed by atoms with E-state index in [1.54, 1.807) is 30.5 Å². The molecule has 0 aliphatic rings. The molecule has 0 aromatic heterocycles. The molecule has 0 spiro atoms. The van der Waals surface area contributed by atoms with Gasteiger partial charge in [-0.15, -0.1) is 0 Å². The summed E-state index contributed by atoms with van der Waals surface area (Å²) in [6.45, 7) is 6.50. The van der Waals surface area contributed by atoms with E-state index in [9.17, 15) is 9.59 Å². The van der Waals surface area contributed by atoms with Crippen molar-refractivity contribution < 1.29 is 14.3 Å². The Labute approximate surface area is 199 Å². The lowest BCUT2D eigenvalue weighted by molar-refractivity contribution is -0.123. The summed E-state index contributed by atoms with van der Waals surface area (Å²) in [6.07, 6.45) is 2.08. The van der Waals surface area contributed by atoms with Crippen molar-refractivity contribution in [2.45, 2.75) is 33.2 Å². The zero-order chi connectivity index (χ0) is 23.8. The van der Waals surface area contributed by atoms with Gasteiger partial charge in [-0.05, 0) is 61.0 Å². The van der Waals surface area contributed by atoms with Crippen LogP contribution in [0.4, 0.5) is 0 Å². The monoisotopic (exact) mass is 465 g/mol. The van der Waals surface area contributed by atoms with E-state index in [-0.39, 0.29) is 17.7 Å². The number of benzene rings is 3. The van der Waals surface area contributed by atoms with E-state index in [2.05, 4.69) is 15.8 Å². The number of hydrogen-bond acceptors (Lipinski definition) is 4. The summed E-state index contributed by atoms with van der Waals surface area (Å²) in [6, 6.07) is 17.5. The Bertz CT molecular complexity index is 1140. The first-order chi connectivity index (χ1) is 15.9. The number of halogens is 1. The molecule has 6 nitrogen and oxygen atoms in total. The minimum Gasteiger partial charge on any atom is -0.493 e. The van der Waals surface area contributed by atoms with E-state index in [0.29, 0.717) is 23.6 Å². The molecule has 0 fully saturated rings. The molecule has 0 heterocycles. The molecular formula is C26H28ClN3O3. The summed E-state index contributed by atoms with van der Waals surface area (Å²) >= 11 is 5.89. The topological polar surface area (TPSA) is 79.8 Å². The predicted octanol–water partition coefficient (Wildman–Crippen LogP) is 5.19. The van der Waals surface area contributed by atoms with Gasteiger partial charge in [0.2, 0.25) is 0 Å². The molecule has 0 saturated carbocycles. The SMILES string of the molecule is CCOc1ccc(C=NNC(=O)C(CC(C)C)NC(=O)c2ccc(Cl)cc2)c2ccccc12. The zero-order valence-corrected chi connectivity index (χ0v) is 19.7. The largest absolute Gasteiger partial charge is 0.493 e. The quantitative estimate of drug-likeness (QED) is 0.337. The summed E-state index contributed by atoms with van der Waals surface area (Å²) in [5, 5.41) is 9.44. The maximum absolute atomic E-state index is 12.8. The molecule has 0 bridgehead atoms. The Morgan fingerprint density at radius 3 is 2.39 bits per heavy atom. The van der Waals surface area contributed by atoms with Gasteiger partial charge in [0.1, 0.15) is 11.8 Å². The number of nitrogens with one attached hydrogen (secondary N) is 2. The molecule has 1 atom stereocenters. The molecule has 3 aromatic carbocycles. The van der Waals surface area contributed by atoms with Crippen LogP contribution in [0.1, 0.15) is 43.1 Å². The van der Waals surface area contributed by atoms with Crippen molar-refractivity contribution in [1.29, 1.82) is 0 Å². The summed E-state index contributed by atoms with van der Waals surface area (Å²) in [5.74, 6) is 0.285. The second-order valence-electron chi connectivity index (χ2n) is 8.03. The van der Waals surface area contributed by atoms with Crippen LogP contribution >= 0.6 is 11.6 Å². The Morgan fingerprint density at radius 1 is 1.03 bits per heavy atom. The highest BCUT2D eigenvalue weighted by Crippen LogP contribution is 2.27. The van der Waals surface area contributed by atoms with Crippen molar-refractivity contribution in [2.75, 3.05) is 6.61 Å². The highest BCUT2D eigenvalue weighted by Gasteiger charge is 2.22. The van der Waals surface area contributed by atoms with Crippen LogP contribution in [0.25, 0.3) is 10.8 Å². The van der Waals surface area contributed by atoms with E-state index in [0.717, 1.165) is 22.1 Å². The number of rotatable bonds is 9. The van der Waals surface area contributed by atoms with Crippen LogP contribution in [-0.2, 0) is 4.79 Å². The Kier molecular flexibility index (Phi) is 8.44. The van der Waals surface area contributed by atoms with Gasteiger partial charge in [0.15, 0.2) is 0 Å². The minimum atomic E-state index is -0.720. The molecule has 7 heteroatoms. The number of hydrazone groups is 1. The Hall–Kier alpha value is -3.38. The molecule has 3 aromatic rings. The molecule has 1 unspecified atom stereocenters. The van der Waals surface area contributed by atoms with Gasteiger partial charge in [0.25, 0.3) is 11.8 Å². The molecule has 0 aliphatic heterocycles. The maximum atomic E-state index is 12.8. The highest BCUT2D eigenvalue weighted by molar-refractivity contribution is 6.30. The lowest BCUT2D eigenvalue weighted by Gasteiger charge is -2.19. The lowest BCUT2D eigenvalue weighted by atomic mass is 10.0. The van der Waals surface area contributed by atoms with Crippen LogP contribution in [-0.4, -0.2) is 30.7 Å². The highest BCUT2D eigenvalue weighted by atomic mass is 35.5. The van der Waals surface area contributed by atoms with Gasteiger partial charge >= 0.3 is 0 Å². The number of hydrogen-bond donors (Lipinski definition) is 2. The van der Waals surface area contributed by atoms with E-state index < -0.39 is 6.04 Å². The fourth-order valence-corrected chi connectivity index (χ4v) is 3.60. The zero-order valence-electron chi connectivity index (χ0n) is 19.0. The number of carbonyl (C=O) groups is 2. The van der Waals surface area contributed by atoms with Gasteiger partial charge in [0.05, 0.1) is 12.8 Å². The Morgan fingerprint density at radius 2 is 1.73 bits per heavy atom. The van der Waals surface area contributed by atoms with Crippen molar-refractivity contribution in [2.24, 2.45) is 11.0 Å². The standard InChI is InChI=1S/C26H28ClN3O3/c1-4-33-24-14-11-19(21-7-5-6-8-22(21)24)16-28-30-26(32)23(15-17(2)3)29-25(31)18-9-12-20(27)13-10-18/h5-14,16-17,23H,4,15H2,1-3H3,(H,29,31)(H,30,32). The predicted molar refractivity (Wildman–Crippen MR) is 133 cm³/mol. The van der Waals surface area contributed by atoms with E-state index in [1.807, 2.05) is 57.2 Å². The minimum absolute atomic E-state index is 0.199. The molecule has 0 aliphatic carbocycles. The summed E-state index contributed by atoms with van der Waals surface area (Å²) in [5.41, 5.74) is 3.85. The fourth-order valence-electron chi connectivity index (χ4n) is 3.48. The van der Waals surface area contributed by atoms with Crippen LogP contribution < -0.4 is 15.5 Å². The lowest BCUT2D eigenvalue weighted by Crippen LogP contribution is -2.46. The van der Waals surface area contributed by atoms with Gasteiger partial charge < -0.3 is 10.1 Å². The average Bonchev–Trinajstić information content (AvgIpc) is 2.80. The number of carbonyl (C=O) groups excluding carboxylic acids is 2. The third kappa shape index (κ3) is 6.56. The fraction of sp³-hybridized carbons (Fsp3) is 0.269. The van der Waals surface area contributed by atoms with E-state index in [1.165, 1.54) is 0 Å². The van der Waals surface area contributed by atoms with Crippen LogP contribution in [0.3, 0.4) is 0 Å². The van der Waals surface area contributed by atoms with Crippen molar-refractivity contribution >= 4 is 40.4 Å². The molecule has 3 rings (SSSR count). The summed E-state index contributed by atoms with van der Waals surface area (Å²) in [4.78, 5) is 25.4. The third-order valence-corrected chi connectivity index (χ3v) is 5.28. The van der Waals surface area contributed by atoms with Crippen LogP contribution in [0.5, 0.6) is 5.75 Å². The second kappa shape index (κ2) is 11.5. The molecule has 2 amide bonds. The first kappa shape index (κ1) is 24.3. The second-order valence-corrected chi connectivity index (χ2v) is 8.46. The molecule has 0 saturated heterocycles. The number of nitrogens with zero attached hydrogens (tertiary/aromatic N) is 1. The molecule has 2 N–H and O–H groups in total. The van der Waals surface area contributed by atoms with Crippen LogP contribution in [0, 0.1) is 5.92 Å². The first-order valence-electron chi connectivity index (χ1n) is 10.9. The first-order valence-corrected chi connectivity index (χ1v) is 11.3. The van der Waals surface area contributed by atoms with Crippen molar-refractivity contribution in [1.82, 2.24) is 10.7 Å². The van der Waals surface area contributed by atoms with Crippen LogP contribution in [0.2, 0.25) is 5.02 Å².